The van der Waals surface area contributed by atoms with Crippen LogP contribution in [0.4, 0.5) is 4.39 Å². The lowest BCUT2D eigenvalue weighted by molar-refractivity contribution is 0.280. The van der Waals surface area contributed by atoms with Gasteiger partial charge in [0.15, 0.2) is 11.6 Å². The van der Waals surface area contributed by atoms with Gasteiger partial charge >= 0.3 is 0 Å². The summed E-state index contributed by atoms with van der Waals surface area (Å²) in [6.07, 6.45) is 5.94. The zero-order valence-corrected chi connectivity index (χ0v) is 10.6. The van der Waals surface area contributed by atoms with E-state index in [2.05, 4.69) is 9.55 Å². The molecule has 1 aliphatic rings. The number of benzene rings is 1. The Bertz CT molecular complexity index is 578. The highest BCUT2D eigenvalue weighted by Crippen LogP contribution is 2.35. The average molecular weight is 261 g/mol. The van der Waals surface area contributed by atoms with Crippen LogP contribution in [0.15, 0.2) is 30.7 Å². The number of halogens is 1. The first-order valence-corrected chi connectivity index (χ1v) is 6.40. The second-order valence-corrected chi connectivity index (χ2v) is 4.78. The number of nitrogens with two attached hydrogens (primary N) is 1. The highest BCUT2D eigenvalue weighted by Gasteiger charge is 2.25. The van der Waals surface area contributed by atoms with Crippen LogP contribution >= 0.6 is 0 Å². The Kier molecular flexibility index (Phi) is 3.21. The summed E-state index contributed by atoms with van der Waals surface area (Å²) in [6, 6.07) is 5.35. The molecule has 0 unspecified atom stereocenters. The largest absolute Gasteiger partial charge is 0.484 e. The Balaban J connectivity index is 1.70. The molecule has 1 saturated carbocycles. The van der Waals surface area contributed by atoms with Crippen molar-refractivity contribution in [1.29, 1.82) is 0 Å². The summed E-state index contributed by atoms with van der Waals surface area (Å²) in [5, 5.41) is 0. The smallest absolute Gasteiger partial charge is 0.165 e. The average Bonchev–Trinajstić information content (AvgIpc) is 3.16. The molecule has 2 N–H and O–H groups in total. The maximum atomic E-state index is 13.7. The summed E-state index contributed by atoms with van der Waals surface area (Å²) in [7, 11) is 0. The van der Waals surface area contributed by atoms with Crippen LogP contribution in [0, 0.1) is 5.82 Å². The van der Waals surface area contributed by atoms with Crippen molar-refractivity contribution in [2.75, 3.05) is 0 Å². The fraction of sp³-hybridized carbons (Fsp3) is 0.357. The molecule has 1 heterocycles. The molecule has 19 heavy (non-hydrogen) atoms. The van der Waals surface area contributed by atoms with Crippen molar-refractivity contribution in [3.8, 4) is 5.75 Å². The number of nitrogens with zero attached hydrogens (tertiary/aromatic N) is 2. The maximum absolute atomic E-state index is 13.7. The summed E-state index contributed by atoms with van der Waals surface area (Å²) in [5.74, 6) is -0.124. The molecule has 0 radical (unpaired) electrons. The van der Waals surface area contributed by atoms with Crippen molar-refractivity contribution < 1.29 is 9.13 Å². The number of aromatic nitrogens is 2. The van der Waals surface area contributed by atoms with E-state index in [0.717, 1.165) is 11.3 Å². The van der Waals surface area contributed by atoms with Crippen LogP contribution in [-0.4, -0.2) is 9.55 Å². The molecule has 0 saturated heterocycles. The zero-order chi connectivity index (χ0) is 13.2. The molecule has 3 rings (SSSR count). The maximum Gasteiger partial charge on any atom is 0.165 e. The fourth-order valence-electron chi connectivity index (χ4n) is 2.07. The number of rotatable bonds is 5. The van der Waals surface area contributed by atoms with Crippen molar-refractivity contribution in [2.45, 2.75) is 32.0 Å². The minimum absolute atomic E-state index is 0.251. The van der Waals surface area contributed by atoms with Gasteiger partial charge in [-0.3, -0.25) is 0 Å². The summed E-state index contributed by atoms with van der Waals surface area (Å²) in [4.78, 5) is 4.12. The minimum Gasteiger partial charge on any atom is -0.484 e. The molecule has 5 heteroatoms. The number of ether oxygens (including phenoxy) is 1. The normalized spacial score (nSPS) is 14.6. The quantitative estimate of drug-likeness (QED) is 0.899. The highest BCUT2D eigenvalue weighted by atomic mass is 19.1. The van der Waals surface area contributed by atoms with Gasteiger partial charge in [0.25, 0.3) is 0 Å². The Hall–Kier alpha value is -1.88. The van der Waals surface area contributed by atoms with Crippen LogP contribution in [0.3, 0.4) is 0 Å². The van der Waals surface area contributed by atoms with Crippen LogP contribution in [-0.2, 0) is 13.2 Å². The zero-order valence-electron chi connectivity index (χ0n) is 10.6. The first-order valence-electron chi connectivity index (χ1n) is 6.40. The molecule has 0 aliphatic heterocycles. The molecule has 4 nitrogen and oxygen atoms in total. The van der Waals surface area contributed by atoms with E-state index >= 15 is 0 Å². The van der Waals surface area contributed by atoms with Gasteiger partial charge in [-0.2, -0.15) is 0 Å². The molecule has 0 amide bonds. The third-order valence-corrected chi connectivity index (χ3v) is 3.29. The van der Waals surface area contributed by atoms with E-state index in [-0.39, 0.29) is 11.6 Å². The van der Waals surface area contributed by atoms with Gasteiger partial charge in [0.2, 0.25) is 0 Å². The van der Waals surface area contributed by atoms with E-state index in [9.17, 15) is 4.39 Å². The van der Waals surface area contributed by atoms with Gasteiger partial charge in [-0.15, -0.1) is 0 Å². The SMILES string of the molecule is NCc1ccc(OCc2cncn2C2CC2)c(F)c1. The van der Waals surface area contributed by atoms with Gasteiger partial charge in [-0.05, 0) is 30.5 Å². The van der Waals surface area contributed by atoms with Crippen molar-refractivity contribution >= 4 is 0 Å². The van der Waals surface area contributed by atoms with Crippen molar-refractivity contribution in [3.63, 3.8) is 0 Å². The van der Waals surface area contributed by atoms with E-state index in [4.69, 9.17) is 10.5 Å². The van der Waals surface area contributed by atoms with Crippen LogP contribution in [0.1, 0.15) is 30.1 Å². The van der Waals surface area contributed by atoms with E-state index in [1.165, 1.54) is 18.9 Å². The molecule has 0 atom stereocenters. The van der Waals surface area contributed by atoms with Crippen LogP contribution in [0.5, 0.6) is 5.75 Å². The second-order valence-electron chi connectivity index (χ2n) is 4.78. The predicted octanol–water partition coefficient (Wildman–Crippen LogP) is 2.39. The first-order chi connectivity index (χ1) is 9.28. The monoisotopic (exact) mass is 261 g/mol. The van der Waals surface area contributed by atoms with Crippen molar-refractivity contribution in [1.82, 2.24) is 9.55 Å². The summed E-state index contributed by atoms with van der Waals surface area (Å²) in [6.45, 7) is 0.654. The molecule has 0 spiro atoms. The summed E-state index contributed by atoms with van der Waals surface area (Å²) < 4.78 is 21.4. The molecule has 1 aromatic carbocycles. The summed E-state index contributed by atoms with van der Waals surface area (Å²) in [5.41, 5.74) is 7.19. The van der Waals surface area contributed by atoms with E-state index < -0.39 is 0 Å². The third kappa shape index (κ3) is 2.61. The third-order valence-electron chi connectivity index (χ3n) is 3.29. The first kappa shape index (κ1) is 12.2. The number of hydrogen-bond donors (Lipinski definition) is 1. The van der Waals surface area contributed by atoms with Gasteiger partial charge in [0, 0.05) is 12.6 Å². The molecular weight excluding hydrogens is 245 g/mol. The van der Waals surface area contributed by atoms with Gasteiger partial charge in [-0.25, -0.2) is 9.37 Å². The van der Waals surface area contributed by atoms with Gasteiger partial charge in [-0.1, -0.05) is 6.07 Å². The van der Waals surface area contributed by atoms with Gasteiger partial charge in [0.05, 0.1) is 18.2 Å². The lowest BCUT2D eigenvalue weighted by Gasteiger charge is -2.10. The summed E-state index contributed by atoms with van der Waals surface area (Å²) >= 11 is 0. The molecule has 0 bridgehead atoms. The fourth-order valence-corrected chi connectivity index (χ4v) is 2.07. The van der Waals surface area contributed by atoms with E-state index in [1.807, 2.05) is 6.33 Å². The van der Waals surface area contributed by atoms with Gasteiger partial charge in [0.1, 0.15) is 6.61 Å². The van der Waals surface area contributed by atoms with Crippen LogP contribution < -0.4 is 10.5 Å². The van der Waals surface area contributed by atoms with Crippen LogP contribution in [0.25, 0.3) is 0 Å². The lowest BCUT2D eigenvalue weighted by Crippen LogP contribution is -2.05. The lowest BCUT2D eigenvalue weighted by atomic mass is 10.2. The second kappa shape index (κ2) is 5.01. The minimum atomic E-state index is -0.375. The number of imidazole rings is 1. The molecule has 1 fully saturated rings. The molecule has 1 aliphatic carbocycles. The predicted molar refractivity (Wildman–Crippen MR) is 69.1 cm³/mol. The van der Waals surface area contributed by atoms with E-state index in [1.54, 1.807) is 18.3 Å². The molecule has 2 aromatic rings. The Morgan fingerprint density at radius 2 is 2.26 bits per heavy atom. The Labute approximate surface area is 111 Å². The Morgan fingerprint density at radius 3 is 2.95 bits per heavy atom. The number of hydrogen-bond acceptors (Lipinski definition) is 3. The topological polar surface area (TPSA) is 53.1 Å². The molecule has 1 aromatic heterocycles. The molecular formula is C14H16FN3O. The standard InChI is InChI=1S/C14H16FN3O/c15-13-5-10(6-16)1-4-14(13)19-8-12-7-17-9-18(12)11-2-3-11/h1,4-5,7,9,11H,2-3,6,8,16H2. The van der Waals surface area contributed by atoms with Crippen molar-refractivity contribution in [3.05, 3.63) is 47.8 Å². The van der Waals surface area contributed by atoms with E-state index in [0.29, 0.717) is 19.2 Å². The highest BCUT2D eigenvalue weighted by molar-refractivity contribution is 5.29. The van der Waals surface area contributed by atoms with Gasteiger partial charge < -0.3 is 15.0 Å². The molecule has 100 valence electrons. The van der Waals surface area contributed by atoms with Crippen molar-refractivity contribution in [2.24, 2.45) is 5.73 Å². The van der Waals surface area contributed by atoms with Crippen LogP contribution in [0.2, 0.25) is 0 Å². The Morgan fingerprint density at radius 1 is 1.42 bits per heavy atom.